The molecule has 0 atom stereocenters. The minimum atomic E-state index is -0.879. The molecule has 1 amide bonds. The van der Waals surface area contributed by atoms with Gasteiger partial charge < -0.3 is 5.32 Å². The molecule has 0 bridgehead atoms. The van der Waals surface area contributed by atoms with Gasteiger partial charge in [0, 0.05) is 6.54 Å². The molecule has 0 aliphatic heterocycles. The number of nitrogens with one attached hydrogen (secondary N) is 1. The topological polar surface area (TPSA) is 59.8 Å². The fraction of sp³-hybridized carbons (Fsp3) is 0.118. The molecule has 1 N–H and O–H groups in total. The van der Waals surface area contributed by atoms with Crippen LogP contribution in [0.15, 0.2) is 55.1 Å². The van der Waals surface area contributed by atoms with E-state index in [9.17, 15) is 13.6 Å². The van der Waals surface area contributed by atoms with Crippen molar-refractivity contribution in [1.29, 1.82) is 0 Å². The zero-order valence-corrected chi connectivity index (χ0v) is 12.6. The highest BCUT2D eigenvalue weighted by molar-refractivity contribution is 5.94. The van der Waals surface area contributed by atoms with Crippen molar-refractivity contribution < 1.29 is 13.6 Å². The number of aromatic nitrogens is 3. The average molecular weight is 328 g/mol. The zero-order valence-electron chi connectivity index (χ0n) is 12.6. The summed E-state index contributed by atoms with van der Waals surface area (Å²) < 4.78 is 28.8. The normalized spacial score (nSPS) is 10.6. The van der Waals surface area contributed by atoms with E-state index in [0.717, 1.165) is 23.3 Å². The van der Waals surface area contributed by atoms with Crippen LogP contribution in [0, 0.1) is 11.6 Å². The molecule has 0 fully saturated rings. The van der Waals surface area contributed by atoms with Gasteiger partial charge in [-0.1, -0.05) is 30.3 Å². The number of hydrogen-bond acceptors (Lipinski definition) is 3. The SMILES string of the molecule is O=C(NCc1ccc(Cn2cncn2)cc1)c1c(F)cccc1F. The first-order chi connectivity index (χ1) is 11.6. The molecule has 2 aromatic carbocycles. The lowest BCUT2D eigenvalue weighted by Crippen LogP contribution is -2.25. The quantitative estimate of drug-likeness (QED) is 0.783. The van der Waals surface area contributed by atoms with Gasteiger partial charge in [-0.25, -0.2) is 18.4 Å². The maximum Gasteiger partial charge on any atom is 0.257 e. The monoisotopic (exact) mass is 328 g/mol. The summed E-state index contributed by atoms with van der Waals surface area (Å²) in [5, 5.41) is 6.54. The average Bonchev–Trinajstić information content (AvgIpc) is 3.07. The van der Waals surface area contributed by atoms with Crippen LogP contribution >= 0.6 is 0 Å². The lowest BCUT2D eigenvalue weighted by molar-refractivity contribution is 0.0942. The summed E-state index contributed by atoms with van der Waals surface area (Å²) in [5.74, 6) is -2.54. The lowest BCUT2D eigenvalue weighted by Gasteiger charge is -2.08. The zero-order chi connectivity index (χ0) is 16.9. The smallest absolute Gasteiger partial charge is 0.257 e. The van der Waals surface area contributed by atoms with Gasteiger partial charge in [0.15, 0.2) is 0 Å². The molecule has 24 heavy (non-hydrogen) atoms. The van der Waals surface area contributed by atoms with Gasteiger partial charge in [-0.2, -0.15) is 5.10 Å². The molecule has 0 saturated carbocycles. The number of carbonyl (C=O) groups excluding carboxylic acids is 1. The lowest BCUT2D eigenvalue weighted by atomic mass is 10.1. The second kappa shape index (κ2) is 6.99. The largest absolute Gasteiger partial charge is 0.348 e. The molecule has 0 spiro atoms. The van der Waals surface area contributed by atoms with Gasteiger partial charge in [0.05, 0.1) is 6.54 Å². The van der Waals surface area contributed by atoms with Gasteiger partial charge in [-0.3, -0.25) is 4.79 Å². The Hall–Kier alpha value is -3.09. The van der Waals surface area contributed by atoms with Crippen molar-refractivity contribution in [3.63, 3.8) is 0 Å². The van der Waals surface area contributed by atoms with Gasteiger partial charge in [0.1, 0.15) is 29.9 Å². The van der Waals surface area contributed by atoms with Gasteiger partial charge >= 0.3 is 0 Å². The standard InChI is InChI=1S/C17H14F2N4O/c18-14-2-1-3-15(19)16(14)17(24)21-8-12-4-6-13(7-5-12)9-23-11-20-10-22-23/h1-7,10-11H,8-9H2,(H,21,24). The number of carbonyl (C=O) groups is 1. The van der Waals surface area contributed by atoms with Crippen LogP contribution in [0.2, 0.25) is 0 Å². The molecule has 1 heterocycles. The van der Waals surface area contributed by atoms with Crippen LogP contribution in [0.25, 0.3) is 0 Å². The number of halogens is 2. The first-order valence-corrected chi connectivity index (χ1v) is 7.26. The summed E-state index contributed by atoms with van der Waals surface area (Å²) in [6.45, 7) is 0.767. The van der Waals surface area contributed by atoms with Crippen molar-refractivity contribution in [2.75, 3.05) is 0 Å². The molecule has 0 aliphatic carbocycles. The van der Waals surface area contributed by atoms with E-state index in [1.54, 1.807) is 11.0 Å². The van der Waals surface area contributed by atoms with Crippen LogP contribution in [0.1, 0.15) is 21.5 Å². The number of hydrogen-bond donors (Lipinski definition) is 1. The van der Waals surface area contributed by atoms with Gasteiger partial charge in [0.25, 0.3) is 5.91 Å². The fourth-order valence-electron chi connectivity index (χ4n) is 2.25. The maximum absolute atomic E-state index is 13.5. The van der Waals surface area contributed by atoms with Crippen LogP contribution in [0.4, 0.5) is 8.78 Å². The Labute approximate surface area is 137 Å². The Bertz CT molecular complexity index is 812. The molecule has 5 nitrogen and oxygen atoms in total. The minimum Gasteiger partial charge on any atom is -0.348 e. The summed E-state index contributed by atoms with van der Waals surface area (Å²) >= 11 is 0. The van der Waals surface area contributed by atoms with Crippen molar-refractivity contribution in [3.05, 3.63) is 83.4 Å². The maximum atomic E-state index is 13.5. The summed E-state index contributed by atoms with van der Waals surface area (Å²) in [5.41, 5.74) is 1.28. The van der Waals surface area contributed by atoms with Crippen molar-refractivity contribution in [2.24, 2.45) is 0 Å². The van der Waals surface area contributed by atoms with Gasteiger partial charge in [-0.15, -0.1) is 0 Å². The third-order valence-corrected chi connectivity index (χ3v) is 3.48. The molecule has 7 heteroatoms. The van der Waals surface area contributed by atoms with Crippen LogP contribution in [0.5, 0.6) is 0 Å². The van der Waals surface area contributed by atoms with E-state index < -0.39 is 23.1 Å². The summed E-state index contributed by atoms with van der Waals surface area (Å²) in [6, 6.07) is 10.8. The Balaban J connectivity index is 1.61. The van der Waals surface area contributed by atoms with Crippen LogP contribution < -0.4 is 5.32 Å². The van der Waals surface area contributed by atoms with E-state index in [1.165, 1.54) is 12.4 Å². The molecule has 0 unspecified atom stereocenters. The second-order valence-electron chi connectivity index (χ2n) is 5.19. The van der Waals surface area contributed by atoms with Gasteiger partial charge in [-0.05, 0) is 23.3 Å². The number of nitrogens with zero attached hydrogens (tertiary/aromatic N) is 3. The van der Waals surface area contributed by atoms with Crippen LogP contribution in [-0.2, 0) is 13.1 Å². The van der Waals surface area contributed by atoms with E-state index in [0.29, 0.717) is 6.54 Å². The number of rotatable bonds is 5. The molecule has 0 saturated heterocycles. The number of benzene rings is 2. The fourth-order valence-corrected chi connectivity index (χ4v) is 2.25. The third kappa shape index (κ3) is 3.62. The van der Waals surface area contributed by atoms with Crippen LogP contribution in [-0.4, -0.2) is 20.7 Å². The van der Waals surface area contributed by atoms with Crippen LogP contribution in [0.3, 0.4) is 0 Å². The molecule has 122 valence electrons. The first-order valence-electron chi connectivity index (χ1n) is 7.26. The van der Waals surface area contributed by atoms with E-state index in [2.05, 4.69) is 15.4 Å². The van der Waals surface area contributed by atoms with Crippen molar-refractivity contribution in [1.82, 2.24) is 20.1 Å². The van der Waals surface area contributed by atoms with E-state index in [-0.39, 0.29) is 6.54 Å². The summed E-state index contributed by atoms with van der Waals surface area (Å²) in [4.78, 5) is 15.8. The highest BCUT2D eigenvalue weighted by Crippen LogP contribution is 2.12. The molecule has 0 radical (unpaired) electrons. The molecule has 1 aromatic heterocycles. The van der Waals surface area contributed by atoms with E-state index >= 15 is 0 Å². The summed E-state index contributed by atoms with van der Waals surface area (Å²) in [6.07, 6.45) is 3.09. The van der Waals surface area contributed by atoms with Gasteiger partial charge in [0.2, 0.25) is 0 Å². The summed E-state index contributed by atoms with van der Waals surface area (Å²) in [7, 11) is 0. The Morgan fingerprint density at radius 1 is 1.04 bits per heavy atom. The van der Waals surface area contributed by atoms with E-state index in [1.807, 2.05) is 24.3 Å². The highest BCUT2D eigenvalue weighted by Gasteiger charge is 2.16. The Kier molecular flexibility index (Phi) is 4.60. The Morgan fingerprint density at radius 3 is 2.33 bits per heavy atom. The van der Waals surface area contributed by atoms with E-state index in [4.69, 9.17) is 0 Å². The molecule has 3 aromatic rings. The Morgan fingerprint density at radius 2 is 1.71 bits per heavy atom. The predicted octanol–water partition coefficient (Wildman–Crippen LogP) is 2.53. The second-order valence-corrected chi connectivity index (χ2v) is 5.19. The molecule has 3 rings (SSSR count). The van der Waals surface area contributed by atoms with Crippen molar-refractivity contribution in [3.8, 4) is 0 Å². The van der Waals surface area contributed by atoms with Crippen molar-refractivity contribution >= 4 is 5.91 Å². The third-order valence-electron chi connectivity index (χ3n) is 3.48. The highest BCUT2D eigenvalue weighted by atomic mass is 19.1. The predicted molar refractivity (Wildman–Crippen MR) is 83.1 cm³/mol. The molecular weight excluding hydrogens is 314 g/mol. The molecular formula is C17H14F2N4O. The first kappa shape index (κ1) is 15.8. The molecule has 0 aliphatic rings. The van der Waals surface area contributed by atoms with Crippen molar-refractivity contribution in [2.45, 2.75) is 13.1 Å². The number of amides is 1. The minimum absolute atomic E-state index is 0.177.